The van der Waals surface area contributed by atoms with E-state index >= 15 is 0 Å². The Morgan fingerprint density at radius 3 is 2.54 bits per heavy atom. The van der Waals surface area contributed by atoms with E-state index in [9.17, 15) is 4.79 Å². The molecule has 2 unspecified atom stereocenters. The molecular formula is C23H35NO2. The lowest BCUT2D eigenvalue weighted by molar-refractivity contribution is -0.124. The fourth-order valence-electron chi connectivity index (χ4n) is 3.41. The molecule has 1 heterocycles. The van der Waals surface area contributed by atoms with Crippen molar-refractivity contribution < 1.29 is 9.21 Å². The average molecular weight is 358 g/mol. The van der Waals surface area contributed by atoms with Crippen LogP contribution in [0.1, 0.15) is 76.5 Å². The number of aryl methyl sites for hydroxylation is 2. The molecule has 1 aliphatic rings. The summed E-state index contributed by atoms with van der Waals surface area (Å²) in [5.41, 5.74) is 3.90. The predicted molar refractivity (Wildman–Crippen MR) is 109 cm³/mol. The highest BCUT2D eigenvalue weighted by Gasteiger charge is 2.22. The third-order valence-electron chi connectivity index (χ3n) is 5.20. The van der Waals surface area contributed by atoms with Crippen LogP contribution >= 0.6 is 0 Å². The van der Waals surface area contributed by atoms with Crippen molar-refractivity contribution in [3.8, 4) is 0 Å². The first kappa shape index (κ1) is 20.5. The molecule has 3 nitrogen and oxygen atoms in total. The number of carbonyl (C=O) groups is 1. The Bertz CT molecular complexity index is 679. The van der Waals surface area contributed by atoms with E-state index < -0.39 is 0 Å². The van der Waals surface area contributed by atoms with Gasteiger partial charge < -0.3 is 9.73 Å². The quantitative estimate of drug-likeness (QED) is 0.644. The van der Waals surface area contributed by atoms with Gasteiger partial charge in [0.25, 0.3) is 0 Å². The van der Waals surface area contributed by atoms with Gasteiger partial charge in [0.1, 0.15) is 11.5 Å². The highest BCUT2D eigenvalue weighted by molar-refractivity contribution is 5.80. The van der Waals surface area contributed by atoms with Gasteiger partial charge in [-0.05, 0) is 44.6 Å². The standard InChI is InChI=1S/C23H35NO2/c1-7-16(4)14-19(13-12-17(5)24-23(25)15(2)3)22-18(6)26-21-11-9-8-10-20(21)22/h12-17H,7-11H2,1-6H3,(H,24,25). The van der Waals surface area contributed by atoms with Gasteiger partial charge in [-0.15, -0.1) is 0 Å². The molecule has 0 spiro atoms. The van der Waals surface area contributed by atoms with Crippen LogP contribution in [0.4, 0.5) is 0 Å². The van der Waals surface area contributed by atoms with E-state index in [2.05, 4.69) is 44.3 Å². The molecular weight excluding hydrogens is 322 g/mol. The van der Waals surface area contributed by atoms with Gasteiger partial charge in [-0.2, -0.15) is 0 Å². The van der Waals surface area contributed by atoms with Crippen molar-refractivity contribution in [3.05, 3.63) is 40.9 Å². The van der Waals surface area contributed by atoms with Crippen LogP contribution in [0, 0.1) is 18.8 Å². The molecule has 144 valence electrons. The second-order valence-corrected chi connectivity index (χ2v) is 7.96. The van der Waals surface area contributed by atoms with Gasteiger partial charge in [0.05, 0.1) is 0 Å². The molecule has 0 aliphatic heterocycles. The molecule has 2 atom stereocenters. The van der Waals surface area contributed by atoms with Crippen molar-refractivity contribution in [2.45, 2.75) is 79.7 Å². The van der Waals surface area contributed by atoms with Crippen LogP contribution in [0.15, 0.2) is 22.6 Å². The lowest BCUT2D eigenvalue weighted by Crippen LogP contribution is -2.34. The Labute approximate surface area is 158 Å². The monoisotopic (exact) mass is 357 g/mol. The summed E-state index contributed by atoms with van der Waals surface area (Å²) in [6.07, 6.45) is 12.3. The van der Waals surface area contributed by atoms with Crippen LogP contribution < -0.4 is 5.32 Å². The highest BCUT2D eigenvalue weighted by Crippen LogP contribution is 2.35. The maximum Gasteiger partial charge on any atom is 0.223 e. The predicted octanol–water partition coefficient (Wildman–Crippen LogP) is 5.61. The van der Waals surface area contributed by atoms with Gasteiger partial charge in [-0.25, -0.2) is 0 Å². The number of amides is 1. The summed E-state index contributed by atoms with van der Waals surface area (Å²) in [6.45, 7) is 12.4. The fourth-order valence-corrected chi connectivity index (χ4v) is 3.41. The first-order valence-electron chi connectivity index (χ1n) is 10.1. The Hall–Kier alpha value is -1.77. The maximum absolute atomic E-state index is 11.9. The molecule has 2 rings (SSSR count). The summed E-state index contributed by atoms with van der Waals surface area (Å²) in [5.74, 6) is 2.79. The van der Waals surface area contributed by atoms with Crippen molar-refractivity contribution in [3.63, 3.8) is 0 Å². The second kappa shape index (κ2) is 9.25. The van der Waals surface area contributed by atoms with Crippen molar-refractivity contribution >= 4 is 11.5 Å². The average Bonchev–Trinajstić information content (AvgIpc) is 2.93. The number of hydrogen-bond acceptors (Lipinski definition) is 2. The zero-order valence-corrected chi connectivity index (χ0v) is 17.3. The molecule has 0 radical (unpaired) electrons. The Morgan fingerprint density at radius 1 is 1.19 bits per heavy atom. The van der Waals surface area contributed by atoms with E-state index in [1.165, 1.54) is 35.3 Å². The van der Waals surface area contributed by atoms with Gasteiger partial charge in [0.2, 0.25) is 5.91 Å². The van der Waals surface area contributed by atoms with Crippen LogP contribution in [-0.2, 0) is 17.6 Å². The van der Waals surface area contributed by atoms with E-state index in [4.69, 9.17) is 4.42 Å². The summed E-state index contributed by atoms with van der Waals surface area (Å²) in [5, 5.41) is 3.05. The minimum absolute atomic E-state index is 0.00381. The van der Waals surface area contributed by atoms with E-state index in [0.717, 1.165) is 25.0 Å². The third kappa shape index (κ3) is 5.12. The summed E-state index contributed by atoms with van der Waals surface area (Å²) in [4.78, 5) is 11.9. The number of furan rings is 1. The normalized spacial score (nSPS) is 17.4. The molecule has 1 N–H and O–H groups in total. The number of hydrogen-bond donors (Lipinski definition) is 1. The molecule has 1 aromatic heterocycles. The number of carbonyl (C=O) groups excluding carboxylic acids is 1. The minimum atomic E-state index is 0.00381. The minimum Gasteiger partial charge on any atom is -0.465 e. The molecule has 0 saturated carbocycles. The number of rotatable bonds is 7. The number of allylic oxidation sites excluding steroid dienone is 3. The zero-order valence-electron chi connectivity index (χ0n) is 17.3. The van der Waals surface area contributed by atoms with Crippen LogP contribution in [-0.4, -0.2) is 11.9 Å². The van der Waals surface area contributed by atoms with Crippen molar-refractivity contribution in [2.75, 3.05) is 0 Å². The van der Waals surface area contributed by atoms with Crippen LogP contribution in [0.25, 0.3) is 5.57 Å². The molecule has 1 amide bonds. The second-order valence-electron chi connectivity index (χ2n) is 7.96. The Kier molecular flexibility index (Phi) is 7.31. The number of fused-ring (bicyclic) bond motifs is 1. The van der Waals surface area contributed by atoms with Crippen LogP contribution in [0.2, 0.25) is 0 Å². The lowest BCUT2D eigenvalue weighted by atomic mass is 9.89. The summed E-state index contributed by atoms with van der Waals surface area (Å²) < 4.78 is 6.09. The summed E-state index contributed by atoms with van der Waals surface area (Å²) in [7, 11) is 0. The first-order chi connectivity index (χ1) is 12.3. The van der Waals surface area contributed by atoms with Crippen LogP contribution in [0.5, 0.6) is 0 Å². The van der Waals surface area contributed by atoms with Gasteiger partial charge in [-0.1, -0.05) is 52.3 Å². The van der Waals surface area contributed by atoms with E-state index in [-0.39, 0.29) is 17.9 Å². The Balaban J connectivity index is 2.31. The fraction of sp³-hybridized carbons (Fsp3) is 0.609. The highest BCUT2D eigenvalue weighted by atomic mass is 16.3. The van der Waals surface area contributed by atoms with Gasteiger partial charge in [0.15, 0.2) is 0 Å². The summed E-state index contributed by atoms with van der Waals surface area (Å²) in [6, 6.07) is 0.00765. The van der Waals surface area contributed by atoms with Crippen molar-refractivity contribution in [1.29, 1.82) is 0 Å². The van der Waals surface area contributed by atoms with E-state index in [1.807, 2.05) is 20.8 Å². The molecule has 1 aliphatic carbocycles. The molecule has 0 bridgehead atoms. The topological polar surface area (TPSA) is 42.2 Å². The molecule has 1 aromatic rings. The zero-order chi connectivity index (χ0) is 19.3. The molecule has 26 heavy (non-hydrogen) atoms. The third-order valence-corrected chi connectivity index (χ3v) is 5.20. The Morgan fingerprint density at radius 2 is 1.88 bits per heavy atom. The maximum atomic E-state index is 11.9. The number of nitrogens with one attached hydrogen (secondary N) is 1. The largest absolute Gasteiger partial charge is 0.465 e. The molecule has 0 saturated heterocycles. The molecule has 3 heteroatoms. The molecule has 0 aromatic carbocycles. The van der Waals surface area contributed by atoms with Gasteiger partial charge >= 0.3 is 0 Å². The lowest BCUT2D eigenvalue weighted by Gasteiger charge is -2.15. The molecule has 0 fully saturated rings. The SMILES string of the molecule is CCC(C)C=C(C=CC(C)NC(=O)C(C)C)c1c(C)oc2c1CCCC2. The van der Waals surface area contributed by atoms with E-state index in [1.54, 1.807) is 0 Å². The smallest absolute Gasteiger partial charge is 0.223 e. The first-order valence-corrected chi connectivity index (χ1v) is 10.1. The van der Waals surface area contributed by atoms with Crippen LogP contribution in [0.3, 0.4) is 0 Å². The summed E-state index contributed by atoms with van der Waals surface area (Å²) >= 11 is 0. The van der Waals surface area contributed by atoms with Crippen molar-refractivity contribution in [2.24, 2.45) is 11.8 Å². The van der Waals surface area contributed by atoms with Crippen molar-refractivity contribution in [1.82, 2.24) is 5.32 Å². The van der Waals surface area contributed by atoms with Gasteiger partial charge in [0, 0.05) is 29.5 Å². The van der Waals surface area contributed by atoms with E-state index in [0.29, 0.717) is 5.92 Å². The van der Waals surface area contributed by atoms with Gasteiger partial charge in [-0.3, -0.25) is 4.79 Å².